The average Bonchev–Trinajstić information content (AvgIpc) is 2.08. The van der Waals surface area contributed by atoms with Crippen LogP contribution in [0, 0.1) is 0 Å². The lowest BCUT2D eigenvalue weighted by Crippen LogP contribution is -2.33. The predicted octanol–water partition coefficient (Wildman–Crippen LogP) is -1.74. The SMILES string of the molecule is CNC(=O)CNCCCNS(C)(=O)=O. The van der Waals surface area contributed by atoms with Crippen molar-refractivity contribution in [3.63, 3.8) is 0 Å². The van der Waals surface area contributed by atoms with Crippen LogP contribution in [0.5, 0.6) is 0 Å². The number of carbonyl (C=O) groups is 1. The molecule has 1 amide bonds. The van der Waals surface area contributed by atoms with Crippen LogP contribution in [0.3, 0.4) is 0 Å². The van der Waals surface area contributed by atoms with Gasteiger partial charge >= 0.3 is 0 Å². The standard InChI is InChI=1S/C7H17N3O3S/c1-8-7(11)6-9-4-3-5-10-14(2,12)13/h9-10H,3-6H2,1-2H3,(H,8,11). The number of amides is 1. The maximum atomic E-state index is 10.7. The fourth-order valence-corrected chi connectivity index (χ4v) is 1.28. The summed E-state index contributed by atoms with van der Waals surface area (Å²) in [5.41, 5.74) is 0. The second kappa shape index (κ2) is 6.74. The second-order valence-corrected chi connectivity index (χ2v) is 4.70. The van der Waals surface area contributed by atoms with Crippen LogP contribution in [-0.2, 0) is 14.8 Å². The molecule has 6 nitrogen and oxygen atoms in total. The molecular formula is C7H17N3O3S. The van der Waals surface area contributed by atoms with Crippen LogP contribution in [-0.4, -0.2) is 47.3 Å². The van der Waals surface area contributed by atoms with E-state index in [1.165, 1.54) is 0 Å². The van der Waals surface area contributed by atoms with Crippen molar-refractivity contribution in [1.82, 2.24) is 15.4 Å². The summed E-state index contributed by atoms with van der Waals surface area (Å²) < 4.78 is 23.6. The van der Waals surface area contributed by atoms with Crippen molar-refractivity contribution in [2.45, 2.75) is 6.42 Å². The van der Waals surface area contributed by atoms with Gasteiger partial charge in [0.2, 0.25) is 15.9 Å². The molecule has 0 aromatic heterocycles. The van der Waals surface area contributed by atoms with Crippen LogP contribution < -0.4 is 15.4 Å². The Morgan fingerprint density at radius 2 is 1.93 bits per heavy atom. The Kier molecular flexibility index (Phi) is 6.43. The molecule has 0 aliphatic heterocycles. The molecule has 0 rings (SSSR count). The molecule has 7 heteroatoms. The van der Waals surface area contributed by atoms with Crippen molar-refractivity contribution < 1.29 is 13.2 Å². The predicted molar refractivity (Wildman–Crippen MR) is 54.4 cm³/mol. The van der Waals surface area contributed by atoms with Gasteiger partial charge in [-0.3, -0.25) is 4.79 Å². The van der Waals surface area contributed by atoms with E-state index < -0.39 is 10.0 Å². The first-order chi connectivity index (χ1) is 6.45. The summed E-state index contributed by atoms with van der Waals surface area (Å²) in [5, 5.41) is 5.34. The maximum Gasteiger partial charge on any atom is 0.233 e. The van der Waals surface area contributed by atoms with Crippen molar-refractivity contribution >= 4 is 15.9 Å². The van der Waals surface area contributed by atoms with Gasteiger partial charge in [0, 0.05) is 13.6 Å². The number of hydrogen-bond acceptors (Lipinski definition) is 4. The fourth-order valence-electron chi connectivity index (χ4n) is 0.761. The van der Waals surface area contributed by atoms with Crippen LogP contribution in [0.2, 0.25) is 0 Å². The highest BCUT2D eigenvalue weighted by Crippen LogP contribution is 1.77. The van der Waals surface area contributed by atoms with Crippen LogP contribution in [0.4, 0.5) is 0 Å². The Bertz CT molecular complexity index is 263. The second-order valence-electron chi connectivity index (χ2n) is 2.87. The minimum atomic E-state index is -3.09. The normalized spacial score (nSPS) is 11.3. The van der Waals surface area contributed by atoms with Gasteiger partial charge in [-0.15, -0.1) is 0 Å². The van der Waals surface area contributed by atoms with Gasteiger partial charge in [0.25, 0.3) is 0 Å². The zero-order valence-corrected chi connectivity index (χ0v) is 9.28. The number of carbonyl (C=O) groups excluding carboxylic acids is 1. The quantitative estimate of drug-likeness (QED) is 0.447. The molecule has 0 fully saturated rings. The third-order valence-corrected chi connectivity index (χ3v) is 2.19. The summed E-state index contributed by atoms with van der Waals surface area (Å²) >= 11 is 0. The first-order valence-corrected chi connectivity index (χ1v) is 6.21. The average molecular weight is 223 g/mol. The molecule has 0 aliphatic carbocycles. The lowest BCUT2D eigenvalue weighted by molar-refractivity contribution is -0.119. The van der Waals surface area contributed by atoms with Crippen LogP contribution in [0.1, 0.15) is 6.42 Å². The van der Waals surface area contributed by atoms with Crippen LogP contribution in [0.15, 0.2) is 0 Å². The highest BCUT2D eigenvalue weighted by atomic mass is 32.2. The van der Waals surface area contributed by atoms with E-state index in [1.54, 1.807) is 7.05 Å². The van der Waals surface area contributed by atoms with Crippen molar-refractivity contribution in [2.24, 2.45) is 0 Å². The summed E-state index contributed by atoms with van der Waals surface area (Å²) in [4.78, 5) is 10.7. The monoisotopic (exact) mass is 223 g/mol. The number of likely N-dealkylation sites (N-methyl/N-ethyl adjacent to an activating group) is 1. The summed E-state index contributed by atoms with van der Waals surface area (Å²) in [7, 11) is -1.52. The van der Waals surface area contributed by atoms with E-state index in [9.17, 15) is 13.2 Å². The molecule has 0 radical (unpaired) electrons. The van der Waals surface area contributed by atoms with E-state index in [2.05, 4.69) is 15.4 Å². The van der Waals surface area contributed by atoms with Gasteiger partial charge in [0.05, 0.1) is 12.8 Å². The summed E-state index contributed by atoms with van der Waals surface area (Å²) in [6.45, 7) is 1.25. The Morgan fingerprint density at radius 3 is 2.43 bits per heavy atom. The van der Waals surface area contributed by atoms with Gasteiger partial charge in [-0.05, 0) is 13.0 Å². The van der Waals surface area contributed by atoms with E-state index in [-0.39, 0.29) is 12.5 Å². The van der Waals surface area contributed by atoms with Gasteiger partial charge in [-0.2, -0.15) is 0 Å². The molecule has 0 saturated heterocycles. The molecule has 0 bridgehead atoms. The summed E-state index contributed by atoms with van der Waals surface area (Å²) in [6.07, 6.45) is 1.77. The first kappa shape index (κ1) is 13.3. The molecule has 0 heterocycles. The summed E-state index contributed by atoms with van der Waals surface area (Å²) in [6, 6.07) is 0. The Labute approximate surface area is 84.5 Å². The molecule has 14 heavy (non-hydrogen) atoms. The lowest BCUT2D eigenvalue weighted by Gasteiger charge is -2.04. The van der Waals surface area contributed by atoms with Gasteiger partial charge < -0.3 is 10.6 Å². The number of sulfonamides is 1. The van der Waals surface area contributed by atoms with Crippen LogP contribution in [0.25, 0.3) is 0 Å². The van der Waals surface area contributed by atoms with Crippen LogP contribution >= 0.6 is 0 Å². The molecule has 0 spiro atoms. The van der Waals surface area contributed by atoms with Crippen molar-refractivity contribution in [3.05, 3.63) is 0 Å². The molecule has 0 unspecified atom stereocenters. The van der Waals surface area contributed by atoms with E-state index in [4.69, 9.17) is 0 Å². The highest BCUT2D eigenvalue weighted by Gasteiger charge is 1.99. The lowest BCUT2D eigenvalue weighted by atomic mass is 10.4. The molecule has 3 N–H and O–H groups in total. The smallest absolute Gasteiger partial charge is 0.233 e. The van der Waals surface area contributed by atoms with E-state index >= 15 is 0 Å². The van der Waals surface area contributed by atoms with E-state index in [0.717, 1.165) is 6.26 Å². The van der Waals surface area contributed by atoms with Crippen molar-refractivity contribution in [1.29, 1.82) is 0 Å². The van der Waals surface area contributed by atoms with Gasteiger partial charge in [0.15, 0.2) is 0 Å². The Hall–Kier alpha value is -0.660. The minimum absolute atomic E-state index is 0.0823. The zero-order valence-electron chi connectivity index (χ0n) is 8.46. The number of nitrogens with one attached hydrogen (secondary N) is 3. The Morgan fingerprint density at radius 1 is 1.29 bits per heavy atom. The van der Waals surface area contributed by atoms with Crippen molar-refractivity contribution in [2.75, 3.05) is 32.9 Å². The molecule has 0 aliphatic rings. The van der Waals surface area contributed by atoms with Gasteiger partial charge in [-0.25, -0.2) is 13.1 Å². The fraction of sp³-hybridized carbons (Fsp3) is 0.857. The zero-order chi connectivity index (χ0) is 11.0. The maximum absolute atomic E-state index is 10.7. The first-order valence-electron chi connectivity index (χ1n) is 4.31. The largest absolute Gasteiger partial charge is 0.358 e. The molecule has 0 atom stereocenters. The molecular weight excluding hydrogens is 206 g/mol. The number of hydrogen-bond donors (Lipinski definition) is 3. The van der Waals surface area contributed by atoms with Gasteiger partial charge in [0.1, 0.15) is 0 Å². The minimum Gasteiger partial charge on any atom is -0.358 e. The molecule has 0 aromatic rings. The summed E-state index contributed by atoms with van der Waals surface area (Å²) in [5.74, 6) is -0.0823. The third-order valence-electron chi connectivity index (χ3n) is 1.46. The Balaban J connectivity index is 3.27. The number of rotatable bonds is 7. The van der Waals surface area contributed by atoms with E-state index in [0.29, 0.717) is 19.5 Å². The molecule has 0 aromatic carbocycles. The van der Waals surface area contributed by atoms with E-state index in [1.807, 2.05) is 0 Å². The molecule has 0 saturated carbocycles. The van der Waals surface area contributed by atoms with Gasteiger partial charge in [-0.1, -0.05) is 0 Å². The van der Waals surface area contributed by atoms with Crippen molar-refractivity contribution in [3.8, 4) is 0 Å². The topological polar surface area (TPSA) is 87.3 Å². The highest BCUT2D eigenvalue weighted by molar-refractivity contribution is 7.88. The molecule has 84 valence electrons. The third kappa shape index (κ3) is 9.43.